The molecular formula is C17H13F6N3O. The monoisotopic (exact) mass is 389 g/mol. The van der Waals surface area contributed by atoms with Crippen LogP contribution in [0.1, 0.15) is 11.1 Å². The molecule has 0 atom stereocenters. The molecule has 2 rings (SSSR count). The van der Waals surface area contributed by atoms with Crippen molar-refractivity contribution in [2.75, 3.05) is 24.6 Å². The lowest BCUT2D eigenvalue weighted by Gasteiger charge is -2.26. The normalized spacial score (nSPS) is 11.7. The molecule has 0 fully saturated rings. The first kappa shape index (κ1) is 20.4. The molecule has 0 N–H and O–H groups in total. The highest BCUT2D eigenvalue weighted by Crippen LogP contribution is 2.35. The Morgan fingerprint density at radius 3 is 2.37 bits per heavy atom. The van der Waals surface area contributed by atoms with Crippen molar-refractivity contribution in [1.82, 2.24) is 4.98 Å². The zero-order valence-electron chi connectivity index (χ0n) is 13.7. The van der Waals surface area contributed by atoms with Gasteiger partial charge in [0.25, 0.3) is 0 Å². The number of aromatic nitrogens is 1. The number of anilines is 1. The maximum Gasteiger partial charge on any atom is 0.417 e. The smallest absolute Gasteiger partial charge is 0.417 e. The topological polar surface area (TPSA) is 49.2 Å². The number of rotatable bonds is 6. The Hall–Kier alpha value is -2.96. The first-order chi connectivity index (χ1) is 12.6. The van der Waals surface area contributed by atoms with Gasteiger partial charge in [0.15, 0.2) is 0 Å². The Morgan fingerprint density at radius 2 is 1.81 bits per heavy atom. The van der Waals surface area contributed by atoms with Gasteiger partial charge in [0, 0.05) is 18.0 Å². The van der Waals surface area contributed by atoms with Crippen molar-refractivity contribution in [3.63, 3.8) is 0 Å². The zero-order valence-corrected chi connectivity index (χ0v) is 13.7. The number of nitrogens with zero attached hydrogens (tertiary/aromatic N) is 3. The summed E-state index contributed by atoms with van der Waals surface area (Å²) in [7, 11) is 0. The summed E-state index contributed by atoms with van der Waals surface area (Å²) in [5, 5.41) is 8.79. The van der Waals surface area contributed by atoms with Crippen LogP contribution in [0.5, 0.6) is 5.88 Å². The fourth-order valence-corrected chi connectivity index (χ4v) is 2.27. The van der Waals surface area contributed by atoms with Gasteiger partial charge in [0.1, 0.15) is 13.2 Å². The second-order valence-corrected chi connectivity index (χ2v) is 5.39. The zero-order chi connectivity index (χ0) is 20.1. The number of hydrogen-bond donors (Lipinski definition) is 0. The molecule has 1 heterocycles. The molecular weight excluding hydrogens is 376 g/mol. The standard InChI is InChI=1S/C17H13F6N3O/c18-16(19,20)11-26(7-8-27-15-3-1-2-6-25-15)13-5-4-12(10-24)14(9-13)17(21,22)23/h1-6,9H,7-8,11H2. The largest absolute Gasteiger partial charge is 0.476 e. The lowest BCUT2D eigenvalue weighted by Crippen LogP contribution is -2.37. The van der Waals surface area contributed by atoms with Crippen LogP contribution in [0.15, 0.2) is 42.6 Å². The molecule has 0 radical (unpaired) electrons. The minimum absolute atomic E-state index is 0.181. The van der Waals surface area contributed by atoms with Crippen LogP contribution in [0.25, 0.3) is 0 Å². The first-order valence-electron chi connectivity index (χ1n) is 7.57. The average Bonchev–Trinajstić information content (AvgIpc) is 2.59. The molecule has 0 saturated carbocycles. The van der Waals surface area contributed by atoms with Crippen LogP contribution >= 0.6 is 0 Å². The molecule has 1 aromatic heterocycles. The number of halogens is 6. The summed E-state index contributed by atoms with van der Waals surface area (Å²) in [6.07, 6.45) is -8.08. The van der Waals surface area contributed by atoms with Crippen LogP contribution < -0.4 is 9.64 Å². The van der Waals surface area contributed by atoms with Crippen LogP contribution in [0, 0.1) is 11.3 Å². The molecule has 10 heteroatoms. The fraction of sp³-hybridized carbons (Fsp3) is 0.294. The van der Waals surface area contributed by atoms with Gasteiger partial charge < -0.3 is 9.64 Å². The van der Waals surface area contributed by atoms with Crippen molar-refractivity contribution in [3.8, 4) is 11.9 Å². The van der Waals surface area contributed by atoms with Gasteiger partial charge in [0.2, 0.25) is 5.88 Å². The van der Waals surface area contributed by atoms with Crippen LogP contribution in [-0.2, 0) is 6.18 Å². The third-order valence-corrected chi connectivity index (χ3v) is 3.41. The van der Waals surface area contributed by atoms with Crippen molar-refractivity contribution >= 4 is 5.69 Å². The molecule has 0 aliphatic carbocycles. The quantitative estimate of drug-likeness (QED) is 0.687. The van der Waals surface area contributed by atoms with E-state index in [1.54, 1.807) is 12.1 Å². The molecule has 2 aromatic rings. The molecule has 0 amide bonds. The number of pyridine rings is 1. The van der Waals surface area contributed by atoms with Crippen LogP contribution in [0.3, 0.4) is 0 Å². The highest BCUT2D eigenvalue weighted by molar-refractivity contribution is 5.55. The highest BCUT2D eigenvalue weighted by atomic mass is 19.4. The molecule has 0 unspecified atom stereocenters. The SMILES string of the molecule is N#Cc1ccc(N(CCOc2ccccn2)CC(F)(F)F)cc1C(F)(F)F. The van der Waals surface area contributed by atoms with Crippen LogP contribution in [-0.4, -0.2) is 30.9 Å². The summed E-state index contributed by atoms with van der Waals surface area (Å²) >= 11 is 0. The number of benzene rings is 1. The number of alkyl halides is 6. The minimum Gasteiger partial charge on any atom is -0.476 e. The van der Waals surface area contributed by atoms with Gasteiger partial charge >= 0.3 is 12.4 Å². The van der Waals surface area contributed by atoms with Gasteiger partial charge in [-0.1, -0.05) is 6.07 Å². The second kappa shape index (κ2) is 8.16. The Bertz CT molecular complexity index is 799. The molecule has 0 bridgehead atoms. The molecule has 144 valence electrons. The van der Waals surface area contributed by atoms with E-state index in [9.17, 15) is 26.3 Å². The predicted molar refractivity (Wildman–Crippen MR) is 84.2 cm³/mol. The first-order valence-corrected chi connectivity index (χ1v) is 7.57. The van der Waals surface area contributed by atoms with Crippen LogP contribution in [0.2, 0.25) is 0 Å². The molecule has 0 aliphatic rings. The lowest BCUT2D eigenvalue weighted by atomic mass is 10.1. The molecule has 4 nitrogen and oxygen atoms in total. The van der Waals surface area contributed by atoms with Crippen molar-refractivity contribution in [3.05, 3.63) is 53.7 Å². The summed E-state index contributed by atoms with van der Waals surface area (Å²) in [6.45, 7) is -2.03. The van der Waals surface area contributed by atoms with E-state index in [1.807, 2.05) is 0 Å². The second-order valence-electron chi connectivity index (χ2n) is 5.39. The van der Waals surface area contributed by atoms with E-state index in [0.717, 1.165) is 12.1 Å². The summed E-state index contributed by atoms with van der Waals surface area (Å²) in [5.41, 5.74) is -2.27. The maximum atomic E-state index is 13.1. The number of ether oxygens (including phenoxy) is 1. The summed E-state index contributed by atoms with van der Waals surface area (Å²) < 4.78 is 83.0. The van der Waals surface area contributed by atoms with Crippen molar-refractivity contribution in [1.29, 1.82) is 5.26 Å². The van der Waals surface area contributed by atoms with E-state index in [0.29, 0.717) is 11.0 Å². The third-order valence-electron chi connectivity index (χ3n) is 3.41. The summed E-state index contributed by atoms with van der Waals surface area (Å²) in [5.74, 6) is 0.181. The van der Waals surface area contributed by atoms with Crippen LogP contribution in [0.4, 0.5) is 32.0 Å². The van der Waals surface area contributed by atoms with Crippen molar-refractivity contribution in [2.45, 2.75) is 12.4 Å². The average molecular weight is 389 g/mol. The molecule has 27 heavy (non-hydrogen) atoms. The molecule has 0 spiro atoms. The Labute approximate surface area is 150 Å². The van der Waals surface area contributed by atoms with Gasteiger partial charge in [-0.25, -0.2) is 4.98 Å². The van der Waals surface area contributed by atoms with E-state index in [2.05, 4.69) is 4.98 Å². The van der Waals surface area contributed by atoms with E-state index in [4.69, 9.17) is 10.00 Å². The van der Waals surface area contributed by atoms with Crippen molar-refractivity contribution in [2.24, 2.45) is 0 Å². The minimum atomic E-state index is -4.87. The fourth-order valence-electron chi connectivity index (χ4n) is 2.27. The Balaban J connectivity index is 2.24. The van der Waals surface area contributed by atoms with E-state index >= 15 is 0 Å². The lowest BCUT2D eigenvalue weighted by molar-refractivity contribution is -0.137. The highest BCUT2D eigenvalue weighted by Gasteiger charge is 2.36. The van der Waals surface area contributed by atoms with Gasteiger partial charge in [-0.05, 0) is 24.3 Å². The number of hydrogen-bond acceptors (Lipinski definition) is 4. The van der Waals surface area contributed by atoms with Gasteiger partial charge in [-0.15, -0.1) is 0 Å². The van der Waals surface area contributed by atoms with Gasteiger partial charge in [-0.3, -0.25) is 0 Å². The summed E-state index contributed by atoms with van der Waals surface area (Å²) in [6, 6.07) is 8.55. The number of nitriles is 1. The Kier molecular flexibility index (Phi) is 6.15. The summed E-state index contributed by atoms with van der Waals surface area (Å²) in [4.78, 5) is 4.55. The predicted octanol–water partition coefficient (Wildman–Crippen LogP) is 4.42. The molecule has 1 aromatic carbocycles. The van der Waals surface area contributed by atoms with E-state index < -0.39 is 30.0 Å². The van der Waals surface area contributed by atoms with Gasteiger partial charge in [0.05, 0.1) is 23.7 Å². The van der Waals surface area contributed by atoms with E-state index in [1.165, 1.54) is 18.3 Å². The Morgan fingerprint density at radius 1 is 1.07 bits per heavy atom. The third kappa shape index (κ3) is 6.06. The van der Waals surface area contributed by atoms with E-state index in [-0.39, 0.29) is 24.7 Å². The van der Waals surface area contributed by atoms with Gasteiger partial charge in [-0.2, -0.15) is 31.6 Å². The van der Waals surface area contributed by atoms with Crippen molar-refractivity contribution < 1.29 is 31.1 Å². The molecule has 0 aliphatic heterocycles. The maximum absolute atomic E-state index is 13.1. The molecule has 0 saturated heterocycles.